The maximum atomic E-state index is 12.8. The van der Waals surface area contributed by atoms with Gasteiger partial charge >= 0.3 is 0 Å². The number of rotatable bonds is 5. The molecule has 1 saturated heterocycles. The van der Waals surface area contributed by atoms with Crippen LogP contribution in [0.5, 0.6) is 0 Å². The first-order valence-electron chi connectivity index (χ1n) is 9.63. The van der Waals surface area contributed by atoms with Crippen molar-refractivity contribution in [2.24, 2.45) is 0 Å². The fraction of sp³-hybridized carbons (Fsp3) is 0.364. The van der Waals surface area contributed by atoms with Crippen LogP contribution in [0.25, 0.3) is 10.8 Å². The van der Waals surface area contributed by atoms with Gasteiger partial charge in [-0.2, -0.15) is 0 Å². The lowest BCUT2D eigenvalue weighted by Gasteiger charge is -2.34. The maximum absolute atomic E-state index is 12.8. The predicted molar refractivity (Wildman–Crippen MR) is 111 cm³/mol. The molecule has 140 valence electrons. The van der Waals surface area contributed by atoms with Crippen LogP contribution in [0.4, 0.5) is 0 Å². The molecule has 0 bridgehead atoms. The quantitative estimate of drug-likeness (QED) is 0.677. The lowest BCUT2D eigenvalue weighted by atomic mass is 10.0. The van der Waals surface area contributed by atoms with E-state index in [0.29, 0.717) is 6.42 Å². The molecule has 1 fully saturated rings. The minimum atomic E-state index is 0.230. The Kier molecular flexibility index (Phi) is 5.50. The fourth-order valence-corrected chi connectivity index (χ4v) is 4.43. The molecule has 0 radical (unpaired) electrons. The lowest BCUT2D eigenvalue weighted by molar-refractivity contribution is -0.132. The summed E-state index contributed by atoms with van der Waals surface area (Å²) >= 11 is 1.74. The zero-order chi connectivity index (χ0) is 18.6. The highest BCUT2D eigenvalue weighted by Gasteiger charge is 2.22. The van der Waals surface area contributed by atoms with Gasteiger partial charge in [0.2, 0.25) is 5.91 Å². The first kappa shape index (κ1) is 18.1. The largest absolute Gasteiger partial charge is 0.340 e. The highest BCUT2D eigenvalue weighted by molar-refractivity contribution is 7.09. The van der Waals surface area contributed by atoms with Crippen molar-refractivity contribution in [2.75, 3.05) is 26.2 Å². The minimum absolute atomic E-state index is 0.230. The van der Waals surface area contributed by atoms with Crippen LogP contribution in [0, 0.1) is 0 Å². The van der Waals surface area contributed by atoms with Crippen LogP contribution in [0.15, 0.2) is 47.8 Å². The van der Waals surface area contributed by atoms with Gasteiger partial charge in [-0.25, -0.2) is 4.98 Å². The van der Waals surface area contributed by atoms with E-state index in [-0.39, 0.29) is 5.91 Å². The second kappa shape index (κ2) is 8.19. The number of benzene rings is 2. The normalized spacial score (nSPS) is 15.4. The van der Waals surface area contributed by atoms with Crippen molar-refractivity contribution in [3.05, 3.63) is 64.1 Å². The van der Waals surface area contributed by atoms with Crippen molar-refractivity contribution in [1.82, 2.24) is 14.8 Å². The molecule has 1 aliphatic rings. The van der Waals surface area contributed by atoms with Crippen LogP contribution >= 0.6 is 11.3 Å². The monoisotopic (exact) mass is 379 g/mol. The average Bonchev–Trinajstić information content (AvgIpc) is 3.16. The van der Waals surface area contributed by atoms with Gasteiger partial charge in [0.25, 0.3) is 0 Å². The number of fused-ring (bicyclic) bond motifs is 1. The third kappa shape index (κ3) is 4.20. The van der Waals surface area contributed by atoms with Crippen LogP contribution in [-0.4, -0.2) is 46.9 Å². The van der Waals surface area contributed by atoms with Crippen molar-refractivity contribution >= 4 is 28.0 Å². The molecule has 3 aromatic rings. The number of nitrogens with zero attached hydrogens (tertiary/aromatic N) is 3. The molecule has 0 unspecified atom stereocenters. The summed E-state index contributed by atoms with van der Waals surface area (Å²) in [7, 11) is 0. The number of carbonyl (C=O) groups excluding carboxylic acids is 1. The molecule has 27 heavy (non-hydrogen) atoms. The summed E-state index contributed by atoms with van der Waals surface area (Å²) < 4.78 is 0. The molecule has 4 nitrogen and oxygen atoms in total. The lowest BCUT2D eigenvalue weighted by Crippen LogP contribution is -2.48. The van der Waals surface area contributed by atoms with Gasteiger partial charge < -0.3 is 4.90 Å². The van der Waals surface area contributed by atoms with E-state index in [4.69, 9.17) is 0 Å². The van der Waals surface area contributed by atoms with Crippen LogP contribution in [0.1, 0.15) is 23.2 Å². The number of carbonyl (C=O) groups is 1. The van der Waals surface area contributed by atoms with Gasteiger partial charge in [0.15, 0.2) is 0 Å². The minimum Gasteiger partial charge on any atom is -0.340 e. The van der Waals surface area contributed by atoms with Crippen LogP contribution in [0.3, 0.4) is 0 Å². The van der Waals surface area contributed by atoms with E-state index in [1.807, 2.05) is 23.1 Å². The molecule has 1 aliphatic heterocycles. The summed E-state index contributed by atoms with van der Waals surface area (Å²) in [6.07, 6.45) is 1.48. The maximum Gasteiger partial charge on any atom is 0.227 e. The molecule has 0 spiro atoms. The van der Waals surface area contributed by atoms with E-state index in [0.717, 1.165) is 50.4 Å². The number of aromatic nitrogens is 1. The average molecular weight is 380 g/mol. The summed E-state index contributed by atoms with van der Waals surface area (Å²) in [6, 6.07) is 14.5. The standard InChI is InChI=1S/C22H25N3OS/c1-2-21-23-19(16-27-21)15-24-10-12-25(13-11-24)22(26)14-18-8-5-7-17-6-3-4-9-20(17)18/h3-9,16H,2,10-15H2,1H3. The molecule has 0 aliphatic carbocycles. The molecule has 2 aromatic carbocycles. The Balaban J connectivity index is 1.34. The summed E-state index contributed by atoms with van der Waals surface area (Å²) in [5.41, 5.74) is 2.28. The van der Waals surface area contributed by atoms with Crippen molar-refractivity contribution in [1.29, 1.82) is 0 Å². The zero-order valence-corrected chi connectivity index (χ0v) is 16.5. The number of piperazine rings is 1. The van der Waals surface area contributed by atoms with Gasteiger partial charge in [-0.3, -0.25) is 9.69 Å². The van der Waals surface area contributed by atoms with Crippen LogP contribution in [0.2, 0.25) is 0 Å². The van der Waals surface area contributed by atoms with Gasteiger partial charge in [-0.05, 0) is 22.8 Å². The predicted octanol–water partition coefficient (Wildman–Crippen LogP) is 3.75. The Morgan fingerprint density at radius 3 is 2.63 bits per heavy atom. The van der Waals surface area contributed by atoms with E-state index >= 15 is 0 Å². The Bertz CT molecular complexity index is 923. The molecule has 5 heteroatoms. The zero-order valence-electron chi connectivity index (χ0n) is 15.7. The fourth-order valence-electron chi connectivity index (χ4n) is 3.69. The summed E-state index contributed by atoms with van der Waals surface area (Å²) in [6.45, 7) is 6.47. The number of thiazole rings is 1. The Morgan fingerprint density at radius 2 is 1.85 bits per heavy atom. The van der Waals surface area contributed by atoms with E-state index < -0.39 is 0 Å². The first-order chi connectivity index (χ1) is 13.2. The van der Waals surface area contributed by atoms with Gasteiger partial charge in [0, 0.05) is 38.1 Å². The van der Waals surface area contributed by atoms with Crippen molar-refractivity contribution in [3.8, 4) is 0 Å². The second-order valence-corrected chi connectivity index (χ2v) is 8.00. The Hall–Kier alpha value is -2.24. The number of aryl methyl sites for hydroxylation is 1. The highest BCUT2D eigenvalue weighted by Crippen LogP contribution is 2.20. The molecular formula is C22H25N3OS. The molecule has 0 saturated carbocycles. The molecule has 1 amide bonds. The molecular weight excluding hydrogens is 354 g/mol. The third-order valence-electron chi connectivity index (χ3n) is 5.23. The molecule has 0 N–H and O–H groups in total. The van der Waals surface area contributed by atoms with Gasteiger partial charge in [-0.1, -0.05) is 49.4 Å². The number of amides is 1. The molecule has 4 rings (SSSR count). The van der Waals surface area contributed by atoms with Crippen molar-refractivity contribution in [3.63, 3.8) is 0 Å². The first-order valence-corrected chi connectivity index (χ1v) is 10.5. The van der Waals surface area contributed by atoms with Crippen molar-refractivity contribution < 1.29 is 4.79 Å². The highest BCUT2D eigenvalue weighted by atomic mass is 32.1. The summed E-state index contributed by atoms with van der Waals surface area (Å²) in [5.74, 6) is 0.230. The van der Waals surface area contributed by atoms with Gasteiger partial charge in [0.05, 0.1) is 17.1 Å². The van der Waals surface area contributed by atoms with Gasteiger partial charge in [-0.15, -0.1) is 11.3 Å². The summed E-state index contributed by atoms with van der Waals surface area (Å²) in [4.78, 5) is 21.9. The van der Waals surface area contributed by atoms with E-state index in [2.05, 4.69) is 46.5 Å². The number of hydrogen-bond acceptors (Lipinski definition) is 4. The van der Waals surface area contributed by atoms with Crippen LogP contribution in [-0.2, 0) is 24.2 Å². The topological polar surface area (TPSA) is 36.4 Å². The SMILES string of the molecule is CCc1nc(CN2CCN(C(=O)Cc3cccc4ccccc34)CC2)cs1. The van der Waals surface area contributed by atoms with Crippen LogP contribution < -0.4 is 0 Å². The third-order valence-corrected chi connectivity index (χ3v) is 6.28. The Morgan fingerprint density at radius 1 is 1.07 bits per heavy atom. The van der Waals surface area contributed by atoms with Crippen molar-refractivity contribution in [2.45, 2.75) is 26.3 Å². The van der Waals surface area contributed by atoms with Gasteiger partial charge in [0.1, 0.15) is 0 Å². The second-order valence-electron chi connectivity index (χ2n) is 7.06. The van der Waals surface area contributed by atoms with E-state index in [9.17, 15) is 4.79 Å². The number of hydrogen-bond donors (Lipinski definition) is 0. The van der Waals surface area contributed by atoms with E-state index in [1.54, 1.807) is 11.3 Å². The smallest absolute Gasteiger partial charge is 0.227 e. The van der Waals surface area contributed by atoms with E-state index in [1.165, 1.54) is 15.8 Å². The molecule has 1 aromatic heterocycles. The molecule has 0 atom stereocenters. The molecule has 2 heterocycles. The summed E-state index contributed by atoms with van der Waals surface area (Å²) in [5, 5.41) is 5.75. The Labute approximate surface area is 164 Å².